The van der Waals surface area contributed by atoms with Crippen molar-refractivity contribution in [2.45, 2.75) is 32.7 Å². The predicted molar refractivity (Wildman–Crippen MR) is 83.0 cm³/mol. The monoisotopic (exact) mass is 277 g/mol. The first-order valence-electron chi connectivity index (χ1n) is 7.42. The number of nitrogens with one attached hydrogen (secondary N) is 1. The molecule has 0 radical (unpaired) electrons. The summed E-state index contributed by atoms with van der Waals surface area (Å²) in [4.78, 5) is 13.4. The van der Waals surface area contributed by atoms with Gasteiger partial charge >= 0.3 is 0 Å². The quantitative estimate of drug-likeness (QED) is 0.886. The molecule has 1 aliphatic rings. The Labute approximate surface area is 122 Å². The first kappa shape index (κ1) is 15.2. The highest BCUT2D eigenvalue weighted by molar-refractivity contribution is 5.37. The Hall–Kier alpha value is -1.20. The van der Waals surface area contributed by atoms with Crippen LogP contribution >= 0.6 is 0 Å². The molecule has 0 unspecified atom stereocenters. The van der Waals surface area contributed by atoms with Crippen molar-refractivity contribution in [2.24, 2.45) is 0 Å². The van der Waals surface area contributed by atoms with Crippen molar-refractivity contribution < 1.29 is 0 Å². The average molecular weight is 277 g/mol. The van der Waals surface area contributed by atoms with Crippen LogP contribution in [0.5, 0.6) is 0 Å². The SMILES string of the molecule is Cc1cc(NC(C)(C)CCN2CCN(C)CC2)ncn1. The number of likely N-dealkylation sites (N-methyl/N-ethyl adjacent to an activating group) is 1. The fraction of sp³-hybridized carbons (Fsp3) is 0.733. The summed E-state index contributed by atoms with van der Waals surface area (Å²) in [6, 6.07) is 2.00. The molecule has 0 amide bonds. The zero-order chi connectivity index (χ0) is 14.6. The molecule has 1 fully saturated rings. The van der Waals surface area contributed by atoms with Gasteiger partial charge in [0, 0.05) is 50.0 Å². The van der Waals surface area contributed by atoms with Crippen molar-refractivity contribution in [3.05, 3.63) is 18.1 Å². The molecule has 2 heterocycles. The summed E-state index contributed by atoms with van der Waals surface area (Å²) in [7, 11) is 2.19. The third kappa shape index (κ3) is 4.72. The molecule has 1 aromatic heterocycles. The smallest absolute Gasteiger partial charge is 0.129 e. The zero-order valence-electron chi connectivity index (χ0n) is 13.2. The van der Waals surface area contributed by atoms with Gasteiger partial charge in [0.15, 0.2) is 0 Å². The first-order valence-corrected chi connectivity index (χ1v) is 7.42. The van der Waals surface area contributed by atoms with Gasteiger partial charge < -0.3 is 15.1 Å². The van der Waals surface area contributed by atoms with E-state index < -0.39 is 0 Å². The molecular formula is C15H27N5. The van der Waals surface area contributed by atoms with Gasteiger partial charge in [-0.3, -0.25) is 0 Å². The van der Waals surface area contributed by atoms with Crippen LogP contribution in [0, 0.1) is 6.92 Å². The summed E-state index contributed by atoms with van der Waals surface area (Å²) in [5.41, 5.74) is 1.04. The minimum Gasteiger partial charge on any atom is -0.365 e. The number of piperazine rings is 1. The Morgan fingerprint density at radius 3 is 2.55 bits per heavy atom. The number of aromatic nitrogens is 2. The van der Waals surface area contributed by atoms with E-state index in [1.807, 2.05) is 13.0 Å². The lowest BCUT2D eigenvalue weighted by Gasteiger charge is -2.35. The molecule has 112 valence electrons. The Morgan fingerprint density at radius 1 is 1.20 bits per heavy atom. The van der Waals surface area contributed by atoms with Gasteiger partial charge in [0.05, 0.1) is 0 Å². The second kappa shape index (κ2) is 6.50. The molecule has 1 aliphatic heterocycles. The van der Waals surface area contributed by atoms with E-state index in [-0.39, 0.29) is 5.54 Å². The van der Waals surface area contributed by atoms with E-state index in [1.54, 1.807) is 6.33 Å². The van der Waals surface area contributed by atoms with Crippen molar-refractivity contribution in [3.8, 4) is 0 Å². The first-order chi connectivity index (χ1) is 9.44. The maximum Gasteiger partial charge on any atom is 0.129 e. The molecule has 1 saturated heterocycles. The van der Waals surface area contributed by atoms with Gasteiger partial charge in [-0.25, -0.2) is 9.97 Å². The van der Waals surface area contributed by atoms with Crippen LogP contribution in [-0.2, 0) is 0 Å². The second-order valence-corrected chi connectivity index (χ2v) is 6.45. The average Bonchev–Trinajstić information content (AvgIpc) is 2.37. The standard InChI is InChI=1S/C15H27N5/c1-13-11-14(17-12-16-13)18-15(2,3)5-6-20-9-7-19(4)8-10-20/h11-12H,5-10H2,1-4H3,(H,16,17,18). The van der Waals surface area contributed by atoms with Gasteiger partial charge in [0.2, 0.25) is 0 Å². The van der Waals surface area contributed by atoms with Crippen molar-refractivity contribution in [1.82, 2.24) is 19.8 Å². The van der Waals surface area contributed by atoms with Crippen LogP contribution in [0.25, 0.3) is 0 Å². The number of aryl methyl sites for hydroxylation is 1. The van der Waals surface area contributed by atoms with Crippen LogP contribution in [0.15, 0.2) is 12.4 Å². The summed E-state index contributed by atoms with van der Waals surface area (Å²) in [6.07, 6.45) is 2.73. The molecule has 0 saturated carbocycles. The number of rotatable bonds is 5. The van der Waals surface area contributed by atoms with Crippen LogP contribution in [0.3, 0.4) is 0 Å². The van der Waals surface area contributed by atoms with E-state index >= 15 is 0 Å². The van der Waals surface area contributed by atoms with E-state index in [0.717, 1.165) is 24.5 Å². The summed E-state index contributed by atoms with van der Waals surface area (Å²) < 4.78 is 0. The summed E-state index contributed by atoms with van der Waals surface area (Å²) in [6.45, 7) is 12.3. The minimum absolute atomic E-state index is 0.0458. The zero-order valence-corrected chi connectivity index (χ0v) is 13.2. The lowest BCUT2D eigenvalue weighted by Crippen LogP contribution is -2.46. The molecule has 2 rings (SSSR count). The van der Waals surface area contributed by atoms with Gasteiger partial charge in [0.25, 0.3) is 0 Å². The topological polar surface area (TPSA) is 44.3 Å². The molecular weight excluding hydrogens is 250 g/mol. The molecule has 20 heavy (non-hydrogen) atoms. The molecule has 0 spiro atoms. The van der Waals surface area contributed by atoms with Crippen molar-refractivity contribution in [3.63, 3.8) is 0 Å². The van der Waals surface area contributed by atoms with Crippen LogP contribution < -0.4 is 5.32 Å². The fourth-order valence-electron chi connectivity index (χ4n) is 2.44. The third-order valence-corrected chi connectivity index (χ3v) is 3.92. The minimum atomic E-state index is 0.0458. The number of anilines is 1. The van der Waals surface area contributed by atoms with E-state index in [4.69, 9.17) is 0 Å². The van der Waals surface area contributed by atoms with E-state index in [9.17, 15) is 0 Å². The maximum absolute atomic E-state index is 4.29. The van der Waals surface area contributed by atoms with Crippen LogP contribution in [0.4, 0.5) is 5.82 Å². The van der Waals surface area contributed by atoms with Crippen molar-refractivity contribution >= 4 is 5.82 Å². The molecule has 0 aliphatic carbocycles. The highest BCUT2D eigenvalue weighted by Crippen LogP contribution is 2.17. The summed E-state index contributed by atoms with van der Waals surface area (Å²) >= 11 is 0. The molecule has 5 nitrogen and oxygen atoms in total. The lowest BCUT2D eigenvalue weighted by atomic mass is 10.00. The van der Waals surface area contributed by atoms with Crippen LogP contribution in [-0.4, -0.2) is 65.1 Å². The molecule has 0 bridgehead atoms. The molecule has 1 aromatic rings. The van der Waals surface area contributed by atoms with Gasteiger partial charge in [0.1, 0.15) is 12.1 Å². The fourth-order valence-corrected chi connectivity index (χ4v) is 2.44. The number of nitrogens with zero attached hydrogens (tertiary/aromatic N) is 4. The molecule has 1 N–H and O–H groups in total. The van der Waals surface area contributed by atoms with E-state index in [0.29, 0.717) is 0 Å². The van der Waals surface area contributed by atoms with Crippen LogP contribution in [0.1, 0.15) is 26.0 Å². The molecule has 0 atom stereocenters. The summed E-state index contributed by atoms with van der Waals surface area (Å²) in [5, 5.41) is 3.52. The Balaban J connectivity index is 1.81. The van der Waals surface area contributed by atoms with Gasteiger partial charge in [-0.15, -0.1) is 0 Å². The van der Waals surface area contributed by atoms with Gasteiger partial charge in [-0.2, -0.15) is 0 Å². The highest BCUT2D eigenvalue weighted by Gasteiger charge is 2.21. The molecule has 0 aromatic carbocycles. The predicted octanol–water partition coefficient (Wildman–Crippen LogP) is 1.61. The van der Waals surface area contributed by atoms with E-state index in [1.165, 1.54) is 26.2 Å². The normalized spacial score (nSPS) is 18.2. The Bertz CT molecular complexity index is 424. The maximum atomic E-state index is 4.29. The van der Waals surface area contributed by atoms with Crippen molar-refractivity contribution in [1.29, 1.82) is 0 Å². The number of hydrogen-bond acceptors (Lipinski definition) is 5. The third-order valence-electron chi connectivity index (χ3n) is 3.92. The largest absolute Gasteiger partial charge is 0.365 e. The second-order valence-electron chi connectivity index (χ2n) is 6.45. The Morgan fingerprint density at radius 2 is 1.90 bits per heavy atom. The van der Waals surface area contributed by atoms with E-state index in [2.05, 4.69) is 46.0 Å². The van der Waals surface area contributed by atoms with Crippen molar-refractivity contribution in [2.75, 3.05) is 45.1 Å². The van der Waals surface area contributed by atoms with Gasteiger partial charge in [-0.1, -0.05) is 0 Å². The van der Waals surface area contributed by atoms with Gasteiger partial charge in [-0.05, 0) is 34.2 Å². The number of hydrogen-bond donors (Lipinski definition) is 1. The summed E-state index contributed by atoms with van der Waals surface area (Å²) in [5.74, 6) is 0.917. The Kier molecular flexibility index (Phi) is 4.94. The molecule has 5 heteroatoms. The highest BCUT2D eigenvalue weighted by atomic mass is 15.2. The van der Waals surface area contributed by atoms with Crippen LogP contribution in [0.2, 0.25) is 0 Å². The lowest BCUT2D eigenvalue weighted by molar-refractivity contribution is 0.147.